The Bertz CT molecular complexity index is 1120. The van der Waals surface area contributed by atoms with Crippen LogP contribution in [0.5, 0.6) is 11.5 Å². The predicted octanol–water partition coefficient (Wildman–Crippen LogP) is 3.97. The minimum Gasteiger partial charge on any atom is -0.490 e. The zero-order chi connectivity index (χ0) is 23.6. The molecule has 7 nitrogen and oxygen atoms in total. The van der Waals surface area contributed by atoms with E-state index >= 15 is 0 Å². The van der Waals surface area contributed by atoms with Crippen molar-refractivity contribution in [1.29, 1.82) is 0 Å². The largest absolute Gasteiger partial charge is 0.490 e. The molecule has 2 amide bonds. The van der Waals surface area contributed by atoms with Crippen molar-refractivity contribution in [2.24, 2.45) is 0 Å². The maximum absolute atomic E-state index is 12.6. The van der Waals surface area contributed by atoms with E-state index in [9.17, 15) is 9.59 Å². The standard InChI is InChI=1S/C25H25N3O4S/c1-28(2)24(30)19-9-6-10-20(16-19)26-25(33)27-23(29)18-8-7-13-22(17-18)32-15-14-31-21-11-4-3-5-12-21/h3-13,16-17H,14-15H2,1-2H3,(H2,26,27,29,33). The van der Waals surface area contributed by atoms with Gasteiger partial charge in [0.25, 0.3) is 11.8 Å². The fourth-order valence-electron chi connectivity index (χ4n) is 2.89. The highest BCUT2D eigenvalue weighted by Crippen LogP contribution is 2.15. The smallest absolute Gasteiger partial charge is 0.257 e. The van der Waals surface area contributed by atoms with Crippen molar-refractivity contribution in [3.8, 4) is 11.5 Å². The molecule has 0 aromatic heterocycles. The minimum atomic E-state index is -0.376. The molecular formula is C25H25N3O4S. The summed E-state index contributed by atoms with van der Waals surface area (Å²) in [5.74, 6) is 0.818. The van der Waals surface area contributed by atoms with Gasteiger partial charge < -0.3 is 19.7 Å². The molecule has 3 aromatic rings. The highest BCUT2D eigenvalue weighted by molar-refractivity contribution is 7.80. The number of nitrogens with zero attached hydrogens (tertiary/aromatic N) is 1. The van der Waals surface area contributed by atoms with Gasteiger partial charge in [0.15, 0.2) is 5.11 Å². The summed E-state index contributed by atoms with van der Waals surface area (Å²) in [4.78, 5) is 26.2. The minimum absolute atomic E-state index is 0.122. The Balaban J connectivity index is 1.51. The number of nitrogens with one attached hydrogen (secondary N) is 2. The van der Waals surface area contributed by atoms with Gasteiger partial charge in [-0.25, -0.2) is 0 Å². The highest BCUT2D eigenvalue weighted by Gasteiger charge is 2.11. The molecule has 2 N–H and O–H groups in total. The molecule has 33 heavy (non-hydrogen) atoms. The Morgan fingerprint density at radius 3 is 2.18 bits per heavy atom. The van der Waals surface area contributed by atoms with Crippen LogP contribution in [0.4, 0.5) is 5.69 Å². The Labute approximate surface area is 198 Å². The SMILES string of the molecule is CN(C)C(=O)c1cccc(NC(=S)NC(=O)c2cccc(OCCOc3ccccc3)c2)c1. The van der Waals surface area contributed by atoms with E-state index in [1.165, 1.54) is 4.90 Å². The maximum Gasteiger partial charge on any atom is 0.257 e. The summed E-state index contributed by atoms with van der Waals surface area (Å²) < 4.78 is 11.3. The van der Waals surface area contributed by atoms with Gasteiger partial charge in [0.05, 0.1) is 0 Å². The number of carbonyl (C=O) groups is 2. The van der Waals surface area contributed by atoms with Gasteiger partial charge in [-0.2, -0.15) is 0 Å². The topological polar surface area (TPSA) is 79.9 Å². The van der Waals surface area contributed by atoms with Crippen molar-refractivity contribution in [2.75, 3.05) is 32.6 Å². The van der Waals surface area contributed by atoms with Gasteiger partial charge in [-0.05, 0) is 60.7 Å². The number of thiocarbonyl (C=S) groups is 1. The van der Waals surface area contributed by atoms with Crippen LogP contribution in [0.2, 0.25) is 0 Å². The molecule has 0 aliphatic rings. The normalized spacial score (nSPS) is 10.1. The van der Waals surface area contributed by atoms with Crippen molar-refractivity contribution in [2.45, 2.75) is 0 Å². The van der Waals surface area contributed by atoms with Gasteiger partial charge in [-0.15, -0.1) is 0 Å². The summed E-state index contributed by atoms with van der Waals surface area (Å²) in [5.41, 5.74) is 1.51. The highest BCUT2D eigenvalue weighted by atomic mass is 32.1. The monoisotopic (exact) mass is 463 g/mol. The number of amides is 2. The molecule has 0 aliphatic heterocycles. The maximum atomic E-state index is 12.6. The second-order valence-corrected chi connectivity index (χ2v) is 7.63. The number of anilines is 1. The van der Waals surface area contributed by atoms with Gasteiger partial charge in [-0.3, -0.25) is 14.9 Å². The van der Waals surface area contributed by atoms with E-state index in [1.54, 1.807) is 62.6 Å². The average molecular weight is 464 g/mol. The Hall–Kier alpha value is -3.91. The number of hydrogen-bond acceptors (Lipinski definition) is 5. The first-order chi connectivity index (χ1) is 15.9. The Morgan fingerprint density at radius 2 is 1.45 bits per heavy atom. The molecule has 0 atom stereocenters. The summed E-state index contributed by atoms with van der Waals surface area (Å²) in [5, 5.41) is 5.69. The van der Waals surface area contributed by atoms with E-state index in [0.717, 1.165) is 5.75 Å². The molecule has 0 radical (unpaired) electrons. The van der Waals surface area contributed by atoms with E-state index in [4.69, 9.17) is 21.7 Å². The van der Waals surface area contributed by atoms with Crippen molar-refractivity contribution in [3.05, 3.63) is 90.0 Å². The van der Waals surface area contributed by atoms with Gasteiger partial charge in [0, 0.05) is 30.9 Å². The summed E-state index contributed by atoms with van der Waals surface area (Å²) in [7, 11) is 3.36. The Morgan fingerprint density at radius 1 is 0.818 bits per heavy atom. The van der Waals surface area contributed by atoms with Crippen molar-refractivity contribution in [3.63, 3.8) is 0 Å². The number of para-hydroxylation sites is 1. The lowest BCUT2D eigenvalue weighted by atomic mass is 10.2. The summed E-state index contributed by atoms with van der Waals surface area (Å²) in [6.07, 6.45) is 0. The van der Waals surface area contributed by atoms with E-state index in [0.29, 0.717) is 35.8 Å². The zero-order valence-corrected chi connectivity index (χ0v) is 19.2. The molecular weight excluding hydrogens is 438 g/mol. The third kappa shape index (κ3) is 7.33. The van der Waals surface area contributed by atoms with E-state index in [2.05, 4.69) is 10.6 Å². The van der Waals surface area contributed by atoms with Crippen LogP contribution in [-0.4, -0.2) is 49.1 Å². The van der Waals surface area contributed by atoms with Crippen LogP contribution < -0.4 is 20.1 Å². The third-order valence-electron chi connectivity index (χ3n) is 4.46. The van der Waals surface area contributed by atoms with Crippen molar-refractivity contribution >= 4 is 34.8 Å². The molecule has 0 saturated heterocycles. The molecule has 0 saturated carbocycles. The van der Waals surface area contributed by atoms with Crippen LogP contribution in [0, 0.1) is 0 Å². The first-order valence-corrected chi connectivity index (χ1v) is 10.7. The van der Waals surface area contributed by atoms with Crippen molar-refractivity contribution < 1.29 is 19.1 Å². The second kappa shape index (κ2) is 11.6. The molecule has 0 aliphatic carbocycles. The second-order valence-electron chi connectivity index (χ2n) is 7.23. The summed E-state index contributed by atoms with van der Waals surface area (Å²) in [6, 6.07) is 23.2. The molecule has 0 fully saturated rings. The molecule has 3 aromatic carbocycles. The third-order valence-corrected chi connectivity index (χ3v) is 4.66. The van der Waals surface area contributed by atoms with Gasteiger partial charge in [0.1, 0.15) is 24.7 Å². The van der Waals surface area contributed by atoms with Crippen LogP contribution in [0.25, 0.3) is 0 Å². The van der Waals surface area contributed by atoms with E-state index < -0.39 is 0 Å². The van der Waals surface area contributed by atoms with Crippen LogP contribution >= 0.6 is 12.2 Å². The Kier molecular flexibility index (Phi) is 8.37. The van der Waals surface area contributed by atoms with Crippen LogP contribution in [-0.2, 0) is 0 Å². The fraction of sp³-hybridized carbons (Fsp3) is 0.160. The van der Waals surface area contributed by atoms with E-state index in [-0.39, 0.29) is 16.9 Å². The molecule has 0 unspecified atom stereocenters. The van der Waals surface area contributed by atoms with E-state index in [1.807, 2.05) is 30.3 Å². The van der Waals surface area contributed by atoms with Crippen LogP contribution in [0.15, 0.2) is 78.9 Å². The molecule has 3 rings (SSSR count). The van der Waals surface area contributed by atoms with Gasteiger partial charge >= 0.3 is 0 Å². The summed E-state index contributed by atoms with van der Waals surface area (Å²) in [6.45, 7) is 0.714. The fourth-order valence-corrected chi connectivity index (χ4v) is 3.10. The van der Waals surface area contributed by atoms with Gasteiger partial charge in [-0.1, -0.05) is 30.3 Å². The number of carbonyl (C=O) groups excluding carboxylic acids is 2. The lowest BCUT2D eigenvalue weighted by molar-refractivity contribution is 0.0827. The molecule has 0 heterocycles. The predicted molar refractivity (Wildman–Crippen MR) is 132 cm³/mol. The van der Waals surface area contributed by atoms with Crippen LogP contribution in [0.1, 0.15) is 20.7 Å². The number of ether oxygens (including phenoxy) is 2. The molecule has 0 bridgehead atoms. The number of hydrogen-bond donors (Lipinski definition) is 2. The van der Waals surface area contributed by atoms with Crippen LogP contribution in [0.3, 0.4) is 0 Å². The lowest BCUT2D eigenvalue weighted by Crippen LogP contribution is -2.34. The molecule has 0 spiro atoms. The number of rotatable bonds is 8. The van der Waals surface area contributed by atoms with Crippen molar-refractivity contribution in [1.82, 2.24) is 10.2 Å². The van der Waals surface area contributed by atoms with Gasteiger partial charge in [0.2, 0.25) is 0 Å². The summed E-state index contributed by atoms with van der Waals surface area (Å²) >= 11 is 5.25. The zero-order valence-electron chi connectivity index (χ0n) is 18.4. The average Bonchev–Trinajstić information content (AvgIpc) is 2.82. The number of benzene rings is 3. The first kappa shape index (κ1) is 23.7. The quantitative estimate of drug-likeness (QED) is 0.389. The lowest BCUT2D eigenvalue weighted by Gasteiger charge is -2.13. The first-order valence-electron chi connectivity index (χ1n) is 10.3. The molecule has 170 valence electrons. The molecule has 8 heteroatoms.